The van der Waals surface area contributed by atoms with Crippen molar-refractivity contribution >= 4 is 34.8 Å². The summed E-state index contributed by atoms with van der Waals surface area (Å²) in [7, 11) is 0. The number of benzene rings is 2. The van der Waals surface area contributed by atoms with Gasteiger partial charge in [0.15, 0.2) is 0 Å². The van der Waals surface area contributed by atoms with Crippen LogP contribution in [-0.4, -0.2) is 10.9 Å². The fraction of sp³-hybridized carbons (Fsp3) is 0.100. The summed E-state index contributed by atoms with van der Waals surface area (Å²) in [5, 5.41) is 0.962. The number of hydrogen-bond donors (Lipinski definition) is 0. The molecule has 25 heavy (non-hydrogen) atoms. The lowest BCUT2D eigenvalue weighted by Crippen LogP contribution is -2.31. The third-order valence-corrected chi connectivity index (χ3v) is 4.42. The molecule has 3 rings (SSSR count). The number of rotatable bonds is 4. The summed E-state index contributed by atoms with van der Waals surface area (Å²) in [6.45, 7) is 2.27. The van der Waals surface area contributed by atoms with E-state index in [9.17, 15) is 4.79 Å². The maximum atomic E-state index is 13.2. The highest BCUT2D eigenvalue weighted by Gasteiger charge is 2.22. The number of carbonyl (C=O) groups is 1. The van der Waals surface area contributed by atoms with E-state index in [0.29, 0.717) is 27.8 Å². The minimum atomic E-state index is -0.132. The highest BCUT2D eigenvalue weighted by atomic mass is 35.5. The Kier molecular flexibility index (Phi) is 5.37. The van der Waals surface area contributed by atoms with Crippen LogP contribution in [0.4, 0.5) is 5.69 Å². The van der Waals surface area contributed by atoms with Crippen molar-refractivity contribution in [1.29, 1.82) is 0 Å². The fourth-order valence-electron chi connectivity index (χ4n) is 2.59. The Labute approximate surface area is 156 Å². The molecule has 0 aliphatic heterocycles. The van der Waals surface area contributed by atoms with E-state index >= 15 is 0 Å². The van der Waals surface area contributed by atoms with Crippen molar-refractivity contribution in [1.82, 2.24) is 4.98 Å². The molecule has 0 saturated heterocycles. The summed E-state index contributed by atoms with van der Waals surface area (Å²) in [5.41, 5.74) is 3.04. The van der Waals surface area contributed by atoms with Crippen LogP contribution in [0.15, 0.2) is 67.0 Å². The van der Waals surface area contributed by atoms with Crippen molar-refractivity contribution < 1.29 is 4.79 Å². The summed E-state index contributed by atoms with van der Waals surface area (Å²) < 4.78 is 0. The Balaban J connectivity index is 2.05. The first kappa shape index (κ1) is 17.5. The Hall–Kier alpha value is -2.36. The molecule has 3 aromatic rings. The lowest BCUT2D eigenvalue weighted by atomic mass is 10.1. The minimum Gasteiger partial charge on any atom is -0.302 e. The quantitative estimate of drug-likeness (QED) is 0.603. The van der Waals surface area contributed by atoms with Gasteiger partial charge in [0.05, 0.1) is 17.3 Å². The van der Waals surface area contributed by atoms with Gasteiger partial charge in [0.2, 0.25) is 0 Å². The summed E-state index contributed by atoms with van der Waals surface area (Å²) in [6.07, 6.45) is 3.29. The van der Waals surface area contributed by atoms with Crippen molar-refractivity contribution in [3.05, 3.63) is 93.7 Å². The normalized spacial score (nSPS) is 10.5. The van der Waals surface area contributed by atoms with E-state index in [1.807, 2.05) is 37.3 Å². The number of hydrogen-bond acceptors (Lipinski definition) is 2. The summed E-state index contributed by atoms with van der Waals surface area (Å²) in [6, 6.07) is 16.6. The van der Waals surface area contributed by atoms with Crippen molar-refractivity contribution in [2.45, 2.75) is 13.5 Å². The molecule has 126 valence electrons. The zero-order valence-electron chi connectivity index (χ0n) is 13.6. The average Bonchev–Trinajstić information content (AvgIpc) is 2.61. The van der Waals surface area contributed by atoms with Crippen LogP contribution in [0.2, 0.25) is 10.0 Å². The average molecular weight is 371 g/mol. The largest absolute Gasteiger partial charge is 0.302 e. The van der Waals surface area contributed by atoms with Gasteiger partial charge in [-0.05, 0) is 42.3 Å². The van der Waals surface area contributed by atoms with Crippen LogP contribution in [0, 0.1) is 6.92 Å². The molecular formula is C20H16Cl2N2O. The molecule has 0 radical (unpaired) electrons. The van der Waals surface area contributed by atoms with Crippen molar-refractivity contribution in [3.8, 4) is 0 Å². The molecule has 1 heterocycles. The molecule has 1 aromatic heterocycles. The van der Waals surface area contributed by atoms with Crippen LogP contribution < -0.4 is 4.90 Å². The number of aryl methyl sites for hydroxylation is 1. The van der Waals surface area contributed by atoms with Crippen molar-refractivity contribution in [2.24, 2.45) is 0 Å². The van der Waals surface area contributed by atoms with E-state index in [4.69, 9.17) is 23.2 Å². The van der Waals surface area contributed by atoms with Gasteiger partial charge in [-0.3, -0.25) is 9.78 Å². The first-order valence-electron chi connectivity index (χ1n) is 7.77. The predicted molar refractivity (Wildman–Crippen MR) is 102 cm³/mol. The predicted octanol–water partition coefficient (Wildman–Crippen LogP) is 5.54. The van der Waals surface area contributed by atoms with E-state index in [0.717, 1.165) is 11.1 Å². The highest BCUT2D eigenvalue weighted by Crippen LogP contribution is 2.31. The van der Waals surface area contributed by atoms with E-state index in [-0.39, 0.29) is 5.91 Å². The van der Waals surface area contributed by atoms with Crippen LogP contribution >= 0.6 is 23.2 Å². The molecule has 5 heteroatoms. The van der Waals surface area contributed by atoms with Gasteiger partial charge in [-0.2, -0.15) is 0 Å². The molecule has 0 atom stereocenters. The zero-order valence-corrected chi connectivity index (χ0v) is 15.1. The van der Waals surface area contributed by atoms with Gasteiger partial charge >= 0.3 is 0 Å². The van der Waals surface area contributed by atoms with Gasteiger partial charge in [-0.15, -0.1) is 0 Å². The molecule has 0 unspecified atom stereocenters. The molecule has 2 aromatic carbocycles. The van der Waals surface area contributed by atoms with E-state index in [1.165, 1.54) is 0 Å². The second kappa shape index (κ2) is 7.68. The van der Waals surface area contributed by atoms with Gasteiger partial charge in [-0.1, -0.05) is 53.5 Å². The maximum absolute atomic E-state index is 13.2. The van der Waals surface area contributed by atoms with E-state index in [2.05, 4.69) is 4.98 Å². The third-order valence-electron chi connectivity index (χ3n) is 3.88. The van der Waals surface area contributed by atoms with Crippen molar-refractivity contribution in [3.63, 3.8) is 0 Å². The molecule has 0 fully saturated rings. The molecule has 0 N–H and O–H groups in total. The molecule has 3 nitrogen and oxygen atoms in total. The number of carbonyl (C=O) groups excluding carboxylic acids is 1. The number of pyridine rings is 1. The monoisotopic (exact) mass is 370 g/mol. The molecule has 0 aliphatic rings. The maximum Gasteiger partial charge on any atom is 0.259 e. The van der Waals surface area contributed by atoms with Gasteiger partial charge in [0.25, 0.3) is 5.91 Å². The molecule has 0 spiro atoms. The minimum absolute atomic E-state index is 0.132. The van der Waals surface area contributed by atoms with Gasteiger partial charge < -0.3 is 4.90 Å². The third kappa shape index (κ3) is 4.01. The SMILES string of the molecule is Cc1cnccc1C(=O)N(Cc1ccccc1)c1ccc(Cl)cc1Cl. The number of anilines is 1. The zero-order chi connectivity index (χ0) is 17.8. The van der Waals surface area contributed by atoms with E-state index < -0.39 is 0 Å². The van der Waals surface area contributed by atoms with Gasteiger partial charge in [0.1, 0.15) is 0 Å². The van der Waals surface area contributed by atoms with Gasteiger partial charge in [-0.25, -0.2) is 0 Å². The Bertz CT molecular complexity index is 897. The second-order valence-corrected chi connectivity index (χ2v) is 6.51. The first-order chi connectivity index (χ1) is 12.1. The van der Waals surface area contributed by atoms with Crippen LogP contribution in [0.25, 0.3) is 0 Å². The van der Waals surface area contributed by atoms with Gasteiger partial charge in [0, 0.05) is 23.0 Å². The topological polar surface area (TPSA) is 33.2 Å². The lowest BCUT2D eigenvalue weighted by Gasteiger charge is -2.25. The summed E-state index contributed by atoms with van der Waals surface area (Å²) in [5.74, 6) is -0.132. The Morgan fingerprint density at radius 1 is 1.08 bits per heavy atom. The molecule has 1 amide bonds. The highest BCUT2D eigenvalue weighted by molar-refractivity contribution is 6.37. The smallest absolute Gasteiger partial charge is 0.259 e. The standard InChI is InChI=1S/C20H16Cl2N2O/c1-14-12-23-10-9-17(14)20(25)24(13-15-5-3-2-4-6-15)19-8-7-16(21)11-18(19)22/h2-12H,13H2,1H3. The first-order valence-corrected chi connectivity index (χ1v) is 8.53. The van der Waals surface area contributed by atoms with E-state index in [1.54, 1.807) is 41.6 Å². The van der Waals surface area contributed by atoms with Crippen LogP contribution in [0.5, 0.6) is 0 Å². The molecular weight excluding hydrogens is 355 g/mol. The summed E-state index contributed by atoms with van der Waals surface area (Å²) in [4.78, 5) is 18.9. The molecule has 0 bridgehead atoms. The fourth-order valence-corrected chi connectivity index (χ4v) is 3.10. The number of nitrogens with zero attached hydrogens (tertiary/aromatic N) is 2. The number of aromatic nitrogens is 1. The van der Waals surface area contributed by atoms with Crippen LogP contribution in [-0.2, 0) is 6.54 Å². The van der Waals surface area contributed by atoms with Crippen LogP contribution in [0.1, 0.15) is 21.5 Å². The number of halogens is 2. The summed E-state index contributed by atoms with van der Waals surface area (Å²) >= 11 is 12.4. The number of amides is 1. The second-order valence-electron chi connectivity index (χ2n) is 5.66. The Morgan fingerprint density at radius 3 is 2.52 bits per heavy atom. The Morgan fingerprint density at radius 2 is 1.84 bits per heavy atom. The molecule has 0 saturated carbocycles. The lowest BCUT2D eigenvalue weighted by molar-refractivity contribution is 0.0984. The van der Waals surface area contributed by atoms with Crippen molar-refractivity contribution in [2.75, 3.05) is 4.90 Å². The molecule has 0 aliphatic carbocycles. The van der Waals surface area contributed by atoms with Crippen LogP contribution in [0.3, 0.4) is 0 Å².